The SMILES string of the molecule is C.Cc1cc(N=Nc2ccc3c(S(=O)(=O)O)c(N=Nc4c(OC=O)nn(-c5ccc(S(=O)(=O)O)cc5)c4O)ccc3c2O)c(OCCCS(=O)(=O)O)cc1N=Nc1nc2ccc(CO)cc2s1.O=S(=O)=O.O=S(=O)=O. The Kier molecular flexibility index (Phi) is 20.1. The molecule has 0 radical (unpaired) electrons. The van der Waals surface area contributed by atoms with Crippen LogP contribution in [0.3, 0.4) is 0 Å². The first-order valence-corrected chi connectivity index (χ1v) is 26.8. The second-order valence-corrected chi connectivity index (χ2v) is 20.2. The van der Waals surface area contributed by atoms with Crippen LogP contribution >= 0.6 is 11.3 Å². The molecule has 0 unspecified atom stereocenters. The van der Waals surface area contributed by atoms with E-state index in [-0.39, 0.29) is 67.1 Å². The Morgan fingerprint density at radius 2 is 1.32 bits per heavy atom. The molecule has 2 aromatic heterocycles. The number of carbonyl (C=O) groups excluding carboxylic acids is 1. The van der Waals surface area contributed by atoms with E-state index in [0.29, 0.717) is 27.5 Å². The maximum Gasteiger partial charge on any atom is 0.425 e. The quantitative estimate of drug-likeness (QED) is 0.0248. The zero-order valence-corrected chi connectivity index (χ0v) is 41.6. The lowest BCUT2D eigenvalue weighted by molar-refractivity contribution is -0.120. The average Bonchev–Trinajstić information content (AvgIpc) is 3.86. The predicted molar refractivity (Wildman–Crippen MR) is 259 cm³/mol. The van der Waals surface area contributed by atoms with E-state index in [2.05, 4.69) is 40.8 Å². The minimum Gasteiger partial charge on any atom is -0.505 e. The normalized spacial score (nSPS) is 11.7. The number of ether oxygens (including phenoxy) is 2. The molecule has 0 fully saturated rings. The van der Waals surface area contributed by atoms with Gasteiger partial charge in [0.25, 0.3) is 42.7 Å². The number of hydrogen-bond acceptors (Lipinski definition) is 27. The molecule has 0 aliphatic rings. The van der Waals surface area contributed by atoms with Crippen molar-refractivity contribution >= 4 is 124 Å². The maximum absolute atomic E-state index is 12.8. The monoisotopic (exact) mass is 1160 g/mol. The molecular formula is C39H35N9O21S6. The third kappa shape index (κ3) is 16.3. The smallest absolute Gasteiger partial charge is 0.425 e. The van der Waals surface area contributed by atoms with Gasteiger partial charge in [0, 0.05) is 16.8 Å². The van der Waals surface area contributed by atoms with Gasteiger partial charge in [0.1, 0.15) is 27.7 Å². The molecule has 0 spiro atoms. The van der Waals surface area contributed by atoms with Gasteiger partial charge in [-0.25, -0.2) is 4.98 Å². The Hall–Kier alpha value is -7.94. The highest BCUT2D eigenvalue weighted by Crippen LogP contribution is 2.45. The Morgan fingerprint density at radius 1 is 0.720 bits per heavy atom. The van der Waals surface area contributed by atoms with E-state index in [0.717, 1.165) is 39.7 Å². The predicted octanol–water partition coefficient (Wildman–Crippen LogP) is 6.41. The minimum atomic E-state index is -5.16. The lowest BCUT2D eigenvalue weighted by Gasteiger charge is -2.11. The van der Waals surface area contributed by atoms with E-state index in [1.807, 2.05) is 0 Å². The number of aromatic nitrogens is 3. The Balaban J connectivity index is 0.00000126. The summed E-state index contributed by atoms with van der Waals surface area (Å²) in [6, 6.07) is 17.1. The van der Waals surface area contributed by atoms with Gasteiger partial charge in [-0.15, -0.1) is 61.0 Å². The molecule has 0 atom stereocenters. The van der Waals surface area contributed by atoms with Crippen molar-refractivity contribution in [1.29, 1.82) is 0 Å². The molecule has 0 bridgehead atoms. The number of aromatic hydroxyl groups is 2. The number of fused-ring (bicyclic) bond motifs is 2. The van der Waals surface area contributed by atoms with E-state index in [1.165, 1.54) is 41.7 Å². The molecule has 7 rings (SSSR count). The molecule has 0 aliphatic heterocycles. The average molecular weight is 1160 g/mol. The summed E-state index contributed by atoms with van der Waals surface area (Å²) in [5.41, 5.74) is 0.902. The van der Waals surface area contributed by atoms with Crippen LogP contribution < -0.4 is 9.47 Å². The summed E-state index contributed by atoms with van der Waals surface area (Å²) in [6.45, 7) is 1.27. The first-order chi connectivity index (χ1) is 34.7. The van der Waals surface area contributed by atoms with Crippen molar-refractivity contribution in [3.63, 3.8) is 0 Å². The van der Waals surface area contributed by atoms with E-state index in [9.17, 15) is 59.0 Å². The minimum absolute atomic E-state index is 0. The summed E-state index contributed by atoms with van der Waals surface area (Å²) in [5.74, 6) is -2.61. The topological polar surface area (TPSA) is 467 Å². The number of hydrogen-bond donors (Lipinski definition) is 6. The van der Waals surface area contributed by atoms with Crippen molar-refractivity contribution in [2.75, 3.05) is 12.4 Å². The lowest BCUT2D eigenvalue weighted by atomic mass is 10.1. The summed E-state index contributed by atoms with van der Waals surface area (Å²) >= 11 is 1.24. The molecule has 5 aromatic carbocycles. The van der Waals surface area contributed by atoms with Crippen molar-refractivity contribution in [3.05, 3.63) is 90.0 Å². The van der Waals surface area contributed by atoms with Crippen molar-refractivity contribution in [1.82, 2.24) is 14.8 Å². The number of azo groups is 3. The van der Waals surface area contributed by atoms with Crippen LogP contribution in [0.4, 0.5) is 33.6 Å². The largest absolute Gasteiger partial charge is 0.505 e. The van der Waals surface area contributed by atoms with E-state index >= 15 is 0 Å². The number of aliphatic hydroxyl groups is 1. The van der Waals surface area contributed by atoms with Gasteiger partial charge in [-0.2, -0.15) is 29.9 Å². The number of benzene rings is 5. The highest BCUT2D eigenvalue weighted by molar-refractivity contribution is 7.86. The van der Waals surface area contributed by atoms with Gasteiger partial charge in [0.15, 0.2) is 5.75 Å². The van der Waals surface area contributed by atoms with Crippen LogP contribution in [0.5, 0.6) is 23.3 Å². The zero-order valence-electron chi connectivity index (χ0n) is 36.7. The van der Waals surface area contributed by atoms with Crippen molar-refractivity contribution in [2.24, 2.45) is 30.7 Å². The maximum atomic E-state index is 12.8. The molecule has 7 aromatic rings. The molecule has 0 saturated heterocycles. The highest BCUT2D eigenvalue weighted by atomic mass is 32.2. The van der Waals surface area contributed by atoms with Gasteiger partial charge in [-0.3, -0.25) is 18.5 Å². The molecule has 0 saturated carbocycles. The summed E-state index contributed by atoms with van der Waals surface area (Å²) < 4.78 is 163. The van der Waals surface area contributed by atoms with Crippen molar-refractivity contribution in [3.8, 4) is 28.9 Å². The summed E-state index contributed by atoms with van der Waals surface area (Å²) in [7, 11) is -20.2. The standard InChI is InChI=1S/C38H31N9O15S4.CH4.2O3S/c1-20-15-30(31(61-13-2-14-64(52,53)54)17-29(20)42-45-38-39-26-10-3-21(18-48)16-32(26)63-38)43-40-27-11-9-25-24(34(27)50)8-12-28(35(25)66(58,59)60)41-44-33-36(62-19-49)46-47(37(33)51)22-4-6-23(7-5-22)65(55,56)57;;2*1-4(2)3/h3-12,15-17,19,48,50-51H,2,13-14,18H2,1H3,(H,52,53,54)(H,55,56,57)(H,58,59,60);1H4;;. The van der Waals surface area contributed by atoms with Crippen molar-refractivity contribution in [2.45, 2.75) is 37.2 Å². The fourth-order valence-electron chi connectivity index (χ4n) is 6.10. The molecular weight excluding hydrogens is 1120 g/mol. The number of nitrogens with zero attached hydrogens (tertiary/aromatic N) is 9. The van der Waals surface area contributed by atoms with Crippen LogP contribution in [0, 0.1) is 6.92 Å². The number of aliphatic hydroxyl groups excluding tert-OH is 1. The summed E-state index contributed by atoms with van der Waals surface area (Å²) in [5, 5.41) is 60.1. The van der Waals surface area contributed by atoms with E-state index < -0.39 is 96.0 Å². The highest BCUT2D eigenvalue weighted by Gasteiger charge is 2.25. The van der Waals surface area contributed by atoms with Gasteiger partial charge in [0.05, 0.1) is 45.5 Å². The molecule has 30 nitrogen and oxygen atoms in total. The van der Waals surface area contributed by atoms with Crippen LogP contribution in [-0.4, -0.2) is 113 Å². The second kappa shape index (κ2) is 25.3. The first-order valence-electron chi connectivity index (χ1n) is 19.5. The number of aryl methyl sites for hydroxylation is 1. The van der Waals surface area contributed by atoms with Gasteiger partial charge < -0.3 is 24.8 Å². The molecule has 36 heteroatoms. The molecule has 6 N–H and O–H groups in total. The second-order valence-electron chi connectivity index (χ2n) is 14.0. The number of phenolic OH excluding ortho intramolecular Hbond substituents is 1. The summed E-state index contributed by atoms with van der Waals surface area (Å²) in [4.78, 5) is 14.3. The van der Waals surface area contributed by atoms with E-state index in [4.69, 9.17) is 34.7 Å². The molecule has 2 heterocycles. The molecule has 0 aliphatic carbocycles. The molecule has 75 heavy (non-hydrogen) atoms. The number of phenols is 1. The van der Waals surface area contributed by atoms with Crippen molar-refractivity contribution < 1.29 is 93.8 Å². The fraction of sp³-hybridized carbons (Fsp3) is 0.154. The molecule has 398 valence electrons. The van der Waals surface area contributed by atoms with Crippen LogP contribution in [0.2, 0.25) is 0 Å². The Morgan fingerprint density at radius 3 is 1.92 bits per heavy atom. The Labute approximate surface area is 429 Å². The summed E-state index contributed by atoms with van der Waals surface area (Å²) in [6.07, 6.45) is -0.111. The Bertz CT molecular complexity index is 3940. The third-order valence-corrected chi connectivity index (χ3v) is 12.7. The zero-order chi connectivity index (χ0) is 54.7. The number of carbonyl (C=O) groups is 1. The van der Waals surface area contributed by atoms with Crippen LogP contribution in [-0.2, 0) is 63.0 Å². The number of thiazole rings is 1. The fourth-order valence-corrected chi connectivity index (χ4v) is 8.74. The number of rotatable bonds is 17. The third-order valence-electron chi connectivity index (χ3n) is 9.16. The lowest BCUT2D eigenvalue weighted by Crippen LogP contribution is -2.08. The van der Waals surface area contributed by atoms with Gasteiger partial charge in [-0.05, 0) is 85.1 Å². The molecule has 0 amide bonds. The first kappa shape index (κ1) is 59.6. The van der Waals surface area contributed by atoms with Gasteiger partial charge in [0.2, 0.25) is 16.7 Å². The van der Waals surface area contributed by atoms with Gasteiger partial charge >= 0.3 is 21.2 Å². The van der Waals surface area contributed by atoms with Crippen LogP contribution in [0.1, 0.15) is 25.0 Å². The van der Waals surface area contributed by atoms with Gasteiger partial charge in [-0.1, -0.05) is 30.9 Å². The van der Waals surface area contributed by atoms with Crippen LogP contribution in [0.25, 0.3) is 26.7 Å². The van der Waals surface area contributed by atoms with Crippen LogP contribution in [0.15, 0.2) is 119 Å². The van der Waals surface area contributed by atoms with E-state index in [1.54, 1.807) is 25.1 Å².